The van der Waals surface area contributed by atoms with Gasteiger partial charge in [0.25, 0.3) is 0 Å². The van der Waals surface area contributed by atoms with Gasteiger partial charge in [0.05, 0.1) is 11.7 Å². The second-order valence-electron chi connectivity index (χ2n) is 3.56. The number of anilines is 1. The maximum Gasteiger partial charge on any atom is 0.187 e. The predicted molar refractivity (Wildman–Crippen MR) is 55.5 cm³/mol. The van der Waals surface area contributed by atoms with Crippen LogP contribution >= 0.6 is 23.3 Å². The summed E-state index contributed by atoms with van der Waals surface area (Å²) in [6.07, 6.45) is 4.07. The Morgan fingerprint density at radius 3 is 2.77 bits per heavy atom. The van der Waals surface area contributed by atoms with E-state index in [9.17, 15) is 0 Å². The zero-order valence-corrected chi connectivity index (χ0v) is 9.11. The summed E-state index contributed by atoms with van der Waals surface area (Å²) in [5, 5.41) is 0.534. The molecule has 0 atom stereocenters. The van der Waals surface area contributed by atoms with Gasteiger partial charge in [-0.15, -0.1) is 0 Å². The van der Waals surface area contributed by atoms with Gasteiger partial charge >= 0.3 is 0 Å². The van der Waals surface area contributed by atoms with Crippen LogP contribution in [0.2, 0.25) is 5.15 Å². The molecule has 0 unspecified atom stereocenters. The minimum absolute atomic E-state index is 0.534. The number of halogens is 1. The summed E-state index contributed by atoms with van der Waals surface area (Å²) in [5.41, 5.74) is 0. The summed E-state index contributed by atoms with van der Waals surface area (Å²) in [5.74, 6) is 1.67. The number of rotatable bonds is 3. The lowest BCUT2D eigenvalue weighted by molar-refractivity contribution is 0.321. The van der Waals surface area contributed by atoms with Gasteiger partial charge in [-0.1, -0.05) is 18.0 Å². The van der Waals surface area contributed by atoms with Crippen molar-refractivity contribution in [1.82, 2.24) is 8.75 Å². The number of hydrogen-bond donors (Lipinski definition) is 0. The molecule has 0 saturated heterocycles. The van der Waals surface area contributed by atoms with E-state index >= 15 is 0 Å². The summed E-state index contributed by atoms with van der Waals surface area (Å²) in [4.78, 5) is 2.11. The zero-order chi connectivity index (χ0) is 9.26. The summed E-state index contributed by atoms with van der Waals surface area (Å²) >= 11 is 7.05. The molecule has 1 saturated carbocycles. The standard InChI is InChI=1S/C8H12ClN3S/c1-12(5-6-3-2-4-6)8-7(9)10-13-11-8/h6H,2-5H2,1H3. The Morgan fingerprint density at radius 1 is 1.54 bits per heavy atom. The molecule has 0 aromatic carbocycles. The average Bonchev–Trinajstić information content (AvgIpc) is 2.43. The van der Waals surface area contributed by atoms with Crippen LogP contribution in [0.4, 0.5) is 5.82 Å². The molecule has 1 aliphatic carbocycles. The summed E-state index contributed by atoms with van der Waals surface area (Å²) in [6, 6.07) is 0. The van der Waals surface area contributed by atoms with Gasteiger partial charge in [-0.05, 0) is 18.8 Å². The van der Waals surface area contributed by atoms with E-state index in [1.807, 2.05) is 7.05 Å². The van der Waals surface area contributed by atoms with Crippen molar-refractivity contribution >= 4 is 29.1 Å². The van der Waals surface area contributed by atoms with Crippen LogP contribution in [0.25, 0.3) is 0 Å². The van der Waals surface area contributed by atoms with E-state index in [2.05, 4.69) is 13.6 Å². The average molecular weight is 218 g/mol. The minimum atomic E-state index is 0.534. The van der Waals surface area contributed by atoms with Crippen LogP contribution in [0.1, 0.15) is 19.3 Å². The minimum Gasteiger partial charge on any atom is -0.356 e. The van der Waals surface area contributed by atoms with E-state index in [-0.39, 0.29) is 0 Å². The molecule has 13 heavy (non-hydrogen) atoms. The molecule has 1 aromatic heterocycles. The molecule has 72 valence electrons. The molecule has 3 nitrogen and oxygen atoms in total. The van der Waals surface area contributed by atoms with Crippen molar-refractivity contribution in [3.05, 3.63) is 5.15 Å². The zero-order valence-electron chi connectivity index (χ0n) is 7.53. The molecule has 0 aliphatic heterocycles. The molecule has 2 rings (SSSR count). The van der Waals surface area contributed by atoms with Crippen LogP contribution in [0.15, 0.2) is 0 Å². The van der Waals surface area contributed by atoms with E-state index in [1.165, 1.54) is 31.0 Å². The first-order valence-electron chi connectivity index (χ1n) is 4.46. The van der Waals surface area contributed by atoms with Crippen molar-refractivity contribution in [2.45, 2.75) is 19.3 Å². The van der Waals surface area contributed by atoms with Gasteiger partial charge < -0.3 is 4.90 Å². The third-order valence-electron chi connectivity index (χ3n) is 2.55. The van der Waals surface area contributed by atoms with Crippen LogP contribution in [-0.2, 0) is 0 Å². The van der Waals surface area contributed by atoms with Crippen molar-refractivity contribution in [3.8, 4) is 0 Å². The van der Waals surface area contributed by atoms with Gasteiger partial charge in [0, 0.05) is 13.6 Å². The fraction of sp³-hybridized carbons (Fsp3) is 0.750. The third kappa shape index (κ3) is 1.94. The molecule has 0 radical (unpaired) electrons. The Labute approximate surface area is 87.0 Å². The molecule has 1 fully saturated rings. The third-order valence-corrected chi connectivity index (χ3v) is 3.42. The Balaban J connectivity index is 1.96. The first kappa shape index (κ1) is 9.21. The fourth-order valence-corrected chi connectivity index (χ4v) is 2.38. The topological polar surface area (TPSA) is 29.0 Å². The largest absolute Gasteiger partial charge is 0.356 e. The monoisotopic (exact) mass is 217 g/mol. The summed E-state index contributed by atoms with van der Waals surface area (Å²) in [7, 11) is 2.03. The van der Waals surface area contributed by atoms with E-state index in [0.717, 1.165) is 18.3 Å². The number of hydrogen-bond acceptors (Lipinski definition) is 4. The Morgan fingerprint density at radius 2 is 2.31 bits per heavy atom. The van der Waals surface area contributed by atoms with E-state index < -0.39 is 0 Å². The molecule has 1 heterocycles. The summed E-state index contributed by atoms with van der Waals surface area (Å²) < 4.78 is 8.09. The quantitative estimate of drug-likeness (QED) is 0.779. The molecular weight excluding hydrogens is 206 g/mol. The van der Waals surface area contributed by atoms with Crippen molar-refractivity contribution < 1.29 is 0 Å². The lowest BCUT2D eigenvalue weighted by Gasteiger charge is -2.29. The Kier molecular flexibility index (Phi) is 2.69. The van der Waals surface area contributed by atoms with Crippen LogP contribution in [0, 0.1) is 5.92 Å². The van der Waals surface area contributed by atoms with E-state index in [0.29, 0.717) is 5.15 Å². The van der Waals surface area contributed by atoms with Gasteiger partial charge in [0.1, 0.15) is 0 Å². The molecule has 1 aromatic rings. The highest BCUT2D eigenvalue weighted by Gasteiger charge is 2.21. The number of aromatic nitrogens is 2. The maximum absolute atomic E-state index is 5.87. The SMILES string of the molecule is CN(CC1CCC1)c1nsnc1Cl. The van der Waals surface area contributed by atoms with Crippen molar-refractivity contribution in [2.24, 2.45) is 5.92 Å². The van der Waals surface area contributed by atoms with Crippen LogP contribution in [-0.4, -0.2) is 22.3 Å². The van der Waals surface area contributed by atoms with Gasteiger partial charge in [-0.25, -0.2) is 0 Å². The molecular formula is C8H12ClN3S. The normalized spacial score (nSPS) is 17.1. The Hall–Kier alpha value is -0.350. The maximum atomic E-state index is 5.87. The van der Waals surface area contributed by atoms with Crippen molar-refractivity contribution in [1.29, 1.82) is 0 Å². The highest BCUT2D eigenvalue weighted by atomic mass is 35.5. The van der Waals surface area contributed by atoms with Gasteiger partial charge in [-0.3, -0.25) is 0 Å². The molecule has 5 heteroatoms. The van der Waals surface area contributed by atoms with Crippen molar-refractivity contribution in [3.63, 3.8) is 0 Å². The van der Waals surface area contributed by atoms with Crippen LogP contribution in [0.5, 0.6) is 0 Å². The summed E-state index contributed by atoms with van der Waals surface area (Å²) in [6.45, 7) is 1.06. The van der Waals surface area contributed by atoms with Gasteiger partial charge in [0.2, 0.25) is 0 Å². The first-order chi connectivity index (χ1) is 6.27. The van der Waals surface area contributed by atoms with E-state index in [1.54, 1.807) is 0 Å². The molecule has 0 spiro atoms. The second kappa shape index (κ2) is 3.80. The fourth-order valence-electron chi connectivity index (χ4n) is 1.55. The first-order valence-corrected chi connectivity index (χ1v) is 5.57. The predicted octanol–water partition coefficient (Wildman–Crippen LogP) is 2.43. The highest BCUT2D eigenvalue weighted by Crippen LogP contribution is 2.29. The van der Waals surface area contributed by atoms with E-state index in [4.69, 9.17) is 11.6 Å². The highest BCUT2D eigenvalue weighted by molar-refractivity contribution is 6.99. The number of nitrogens with zero attached hydrogens (tertiary/aromatic N) is 3. The molecule has 1 aliphatic rings. The van der Waals surface area contributed by atoms with Crippen LogP contribution < -0.4 is 4.90 Å². The van der Waals surface area contributed by atoms with Gasteiger partial charge in [-0.2, -0.15) is 8.75 Å². The van der Waals surface area contributed by atoms with Crippen LogP contribution in [0.3, 0.4) is 0 Å². The molecule has 0 bridgehead atoms. The molecule has 0 amide bonds. The smallest absolute Gasteiger partial charge is 0.187 e. The lowest BCUT2D eigenvalue weighted by atomic mass is 9.85. The molecule has 0 N–H and O–H groups in total. The van der Waals surface area contributed by atoms with Crippen molar-refractivity contribution in [2.75, 3.05) is 18.5 Å². The Bertz CT molecular complexity index is 285. The lowest BCUT2D eigenvalue weighted by Crippen LogP contribution is -2.29. The second-order valence-corrected chi connectivity index (χ2v) is 4.44. The van der Waals surface area contributed by atoms with Gasteiger partial charge in [0.15, 0.2) is 11.0 Å².